The topological polar surface area (TPSA) is 255 Å². The van der Waals surface area contributed by atoms with E-state index in [1.165, 1.54) is 6.92 Å². The Morgan fingerprint density at radius 1 is 0.609 bits per heavy atom. The summed E-state index contributed by atoms with van der Waals surface area (Å²) in [5.74, 6) is -3.61. The normalized spacial score (nSPS) is 13.4. The number of aliphatic hydroxyl groups excluding tert-OH is 1. The van der Waals surface area contributed by atoms with E-state index >= 15 is 0 Å². The first kappa shape index (κ1) is 54.6. The molecule has 0 saturated heterocycles. The van der Waals surface area contributed by atoms with Crippen LogP contribution in [0, 0.1) is 5.92 Å². The van der Waals surface area contributed by atoms with Crippen LogP contribution >= 0.6 is 0 Å². The van der Waals surface area contributed by atoms with Crippen molar-refractivity contribution in [2.45, 2.75) is 167 Å². The van der Waals surface area contributed by atoms with Gasteiger partial charge in [0.25, 0.3) is 0 Å². The van der Waals surface area contributed by atoms with E-state index in [4.69, 9.17) is 10.5 Å². The van der Waals surface area contributed by atoms with Crippen LogP contribution in [-0.4, -0.2) is 95.6 Å². The van der Waals surface area contributed by atoms with Gasteiger partial charge in [0, 0.05) is 25.8 Å². The SMILES string of the molecule is COc1ccc(CCNC(=O)[C@H](CC(C)C)NC(=O)[C@@H](NC(=O)CCCCCCCCCCCCCCC(=O)N[C@@H](CC(N)=O)C(=O)N[C@@H](Cc2ccccc2)C(=O)O)C(C)O)cc1. The van der Waals surface area contributed by atoms with Crippen LogP contribution in [0.4, 0.5) is 0 Å². The van der Waals surface area contributed by atoms with E-state index in [2.05, 4.69) is 26.6 Å². The largest absolute Gasteiger partial charge is 0.497 e. The van der Waals surface area contributed by atoms with E-state index in [9.17, 15) is 43.8 Å². The van der Waals surface area contributed by atoms with Gasteiger partial charge < -0.3 is 47.3 Å². The van der Waals surface area contributed by atoms with Crippen LogP contribution in [0.1, 0.15) is 135 Å². The maximum absolute atomic E-state index is 13.2. The Morgan fingerprint density at radius 3 is 1.61 bits per heavy atom. The van der Waals surface area contributed by atoms with Gasteiger partial charge in [-0.3, -0.25) is 28.8 Å². The van der Waals surface area contributed by atoms with E-state index in [1.54, 1.807) is 37.4 Å². The molecule has 0 spiro atoms. The molecule has 9 N–H and O–H groups in total. The summed E-state index contributed by atoms with van der Waals surface area (Å²) in [7, 11) is 1.60. The van der Waals surface area contributed by atoms with E-state index in [0.717, 1.165) is 75.5 Å². The molecule has 5 atom stereocenters. The predicted octanol–water partition coefficient (Wildman–Crippen LogP) is 4.38. The summed E-state index contributed by atoms with van der Waals surface area (Å²) in [6.45, 7) is 5.72. The van der Waals surface area contributed by atoms with Crippen LogP contribution < -0.4 is 37.1 Å². The first-order valence-corrected chi connectivity index (χ1v) is 22.9. The van der Waals surface area contributed by atoms with Gasteiger partial charge in [-0.05, 0) is 61.8 Å². The molecule has 0 bridgehead atoms. The van der Waals surface area contributed by atoms with Crippen molar-refractivity contribution in [3.05, 3.63) is 65.7 Å². The number of methoxy groups -OCH3 is 1. The number of ether oxygens (including phenoxy) is 1. The minimum Gasteiger partial charge on any atom is -0.497 e. The molecule has 2 rings (SSSR count). The molecule has 0 aliphatic heterocycles. The fourth-order valence-electron chi connectivity index (χ4n) is 7.20. The number of primary amides is 1. The standard InChI is InChI=1S/C48H74N6O10/c1-33(2)30-38(45(59)50-29-28-35-24-26-37(64-4)27-25-35)52-47(61)44(34(3)55)54-43(58)23-19-14-12-10-8-6-5-7-9-11-13-18-22-42(57)51-39(32-41(49)56)46(60)53-40(48(62)63)31-36-20-16-15-17-21-36/h15-17,20-21,24-27,33-34,38-40,44,55H,5-14,18-19,22-23,28-32H2,1-4H3,(H2,49,56)(H,50,59)(H,51,57)(H,52,61)(H,53,60)(H,54,58)(H,62,63)/t34?,38-,39-,40-,44-/m0/s1. The molecule has 2 aromatic carbocycles. The summed E-state index contributed by atoms with van der Waals surface area (Å²) in [6, 6.07) is 11.9. The van der Waals surface area contributed by atoms with Crippen molar-refractivity contribution in [1.82, 2.24) is 26.6 Å². The lowest BCUT2D eigenvalue weighted by atomic mass is 10.0. The number of hydrogen-bond donors (Lipinski definition) is 8. The Hall–Kier alpha value is -5.51. The molecular weight excluding hydrogens is 821 g/mol. The molecule has 2 aromatic rings. The zero-order chi connectivity index (χ0) is 47.3. The molecule has 0 aromatic heterocycles. The molecule has 0 fully saturated rings. The fraction of sp³-hybridized carbons (Fsp3) is 0.604. The van der Waals surface area contributed by atoms with Crippen molar-refractivity contribution >= 4 is 41.4 Å². The van der Waals surface area contributed by atoms with Gasteiger partial charge in [-0.1, -0.05) is 121 Å². The highest BCUT2D eigenvalue weighted by Gasteiger charge is 2.31. The molecule has 0 heterocycles. The minimum atomic E-state index is -1.27. The number of amides is 6. The lowest BCUT2D eigenvalue weighted by Gasteiger charge is -2.25. The average molecular weight is 895 g/mol. The summed E-state index contributed by atoms with van der Waals surface area (Å²) < 4.78 is 5.19. The van der Waals surface area contributed by atoms with Crippen molar-refractivity contribution in [1.29, 1.82) is 0 Å². The number of aliphatic carboxylic acids is 1. The monoisotopic (exact) mass is 895 g/mol. The van der Waals surface area contributed by atoms with Crippen LogP contribution in [0.5, 0.6) is 5.75 Å². The van der Waals surface area contributed by atoms with E-state index in [1.807, 2.05) is 38.1 Å². The summed E-state index contributed by atoms with van der Waals surface area (Å²) in [5, 5.41) is 33.3. The number of carboxylic acids is 1. The highest BCUT2D eigenvalue weighted by atomic mass is 16.5. The van der Waals surface area contributed by atoms with Crippen molar-refractivity contribution in [3.63, 3.8) is 0 Å². The zero-order valence-corrected chi connectivity index (χ0v) is 38.3. The van der Waals surface area contributed by atoms with Gasteiger partial charge >= 0.3 is 5.97 Å². The summed E-state index contributed by atoms with van der Waals surface area (Å²) in [5.41, 5.74) is 7.05. The number of nitrogens with one attached hydrogen (secondary N) is 5. The lowest BCUT2D eigenvalue weighted by molar-refractivity contribution is -0.142. The Labute approximate surface area is 379 Å². The molecule has 0 radical (unpaired) electrons. The first-order chi connectivity index (χ1) is 30.6. The number of rotatable bonds is 34. The minimum absolute atomic E-state index is 0.0405. The van der Waals surface area contributed by atoms with E-state index in [0.29, 0.717) is 37.8 Å². The second kappa shape index (κ2) is 31.4. The third kappa shape index (κ3) is 23.8. The predicted molar refractivity (Wildman–Crippen MR) is 245 cm³/mol. The molecular formula is C48H74N6O10. The van der Waals surface area contributed by atoms with E-state index in [-0.39, 0.29) is 37.0 Å². The Morgan fingerprint density at radius 2 is 1.12 bits per heavy atom. The lowest BCUT2D eigenvalue weighted by Crippen LogP contribution is -2.57. The number of carbonyl (C=O) groups excluding carboxylic acids is 6. The first-order valence-electron chi connectivity index (χ1n) is 22.9. The Kier molecular flexibility index (Phi) is 26.8. The zero-order valence-electron chi connectivity index (χ0n) is 38.3. The molecule has 0 saturated carbocycles. The van der Waals surface area contributed by atoms with Crippen LogP contribution in [0.2, 0.25) is 0 Å². The number of carboxylic acid groups (broad SMARTS) is 1. The Balaban J connectivity index is 1.58. The van der Waals surface area contributed by atoms with Crippen molar-refractivity contribution < 1.29 is 48.5 Å². The number of hydrogen-bond acceptors (Lipinski definition) is 9. The number of benzene rings is 2. The summed E-state index contributed by atoms with van der Waals surface area (Å²) >= 11 is 0. The molecule has 16 nitrogen and oxygen atoms in total. The van der Waals surface area contributed by atoms with Crippen LogP contribution in [0.15, 0.2) is 54.6 Å². The molecule has 356 valence electrons. The van der Waals surface area contributed by atoms with Gasteiger partial charge in [0.1, 0.15) is 29.9 Å². The van der Waals surface area contributed by atoms with Gasteiger partial charge in [0.15, 0.2) is 0 Å². The highest BCUT2D eigenvalue weighted by molar-refractivity contribution is 5.94. The maximum Gasteiger partial charge on any atom is 0.326 e. The van der Waals surface area contributed by atoms with Crippen LogP contribution in [0.3, 0.4) is 0 Å². The van der Waals surface area contributed by atoms with Crippen LogP contribution in [0.25, 0.3) is 0 Å². The molecule has 0 aliphatic carbocycles. The number of carbonyl (C=O) groups is 7. The number of nitrogens with two attached hydrogens (primary N) is 1. The smallest absolute Gasteiger partial charge is 0.326 e. The second-order valence-corrected chi connectivity index (χ2v) is 17.0. The van der Waals surface area contributed by atoms with Gasteiger partial charge in [0.2, 0.25) is 35.4 Å². The van der Waals surface area contributed by atoms with Crippen molar-refractivity contribution in [2.75, 3.05) is 13.7 Å². The quantitative estimate of drug-likeness (QED) is 0.0460. The fourth-order valence-corrected chi connectivity index (χ4v) is 7.20. The van der Waals surface area contributed by atoms with Crippen LogP contribution in [-0.2, 0) is 46.4 Å². The number of unbranched alkanes of at least 4 members (excludes halogenated alkanes) is 11. The van der Waals surface area contributed by atoms with Gasteiger partial charge in [-0.2, -0.15) is 0 Å². The highest BCUT2D eigenvalue weighted by Crippen LogP contribution is 2.15. The van der Waals surface area contributed by atoms with E-state index < -0.39 is 66.3 Å². The molecule has 64 heavy (non-hydrogen) atoms. The van der Waals surface area contributed by atoms with Gasteiger partial charge in [0.05, 0.1) is 19.6 Å². The molecule has 6 amide bonds. The molecule has 0 aliphatic rings. The van der Waals surface area contributed by atoms with Gasteiger partial charge in [-0.15, -0.1) is 0 Å². The molecule has 16 heteroatoms. The third-order valence-corrected chi connectivity index (χ3v) is 10.8. The van der Waals surface area contributed by atoms with Crippen molar-refractivity contribution in [2.24, 2.45) is 11.7 Å². The molecule has 1 unspecified atom stereocenters. The maximum atomic E-state index is 13.2. The average Bonchev–Trinajstić information content (AvgIpc) is 3.24. The third-order valence-electron chi connectivity index (χ3n) is 10.8. The summed E-state index contributed by atoms with van der Waals surface area (Å²) in [6.07, 6.45) is 11.2. The van der Waals surface area contributed by atoms with Gasteiger partial charge in [-0.25, -0.2) is 4.79 Å². The Bertz CT molecular complexity index is 1720. The second-order valence-electron chi connectivity index (χ2n) is 17.0. The van der Waals surface area contributed by atoms with Crippen molar-refractivity contribution in [3.8, 4) is 5.75 Å². The summed E-state index contributed by atoms with van der Waals surface area (Å²) in [4.78, 5) is 87.9. The number of aliphatic hydroxyl groups is 1.